The number of para-hydroxylation sites is 1. The molecule has 0 spiro atoms. The number of aryl methyl sites for hydroxylation is 1. The molecule has 0 radical (unpaired) electrons. The van der Waals surface area contributed by atoms with Crippen molar-refractivity contribution in [3.05, 3.63) is 35.0 Å². The maximum atomic E-state index is 6.36. The molecule has 2 aromatic heterocycles. The van der Waals surface area contributed by atoms with Gasteiger partial charge in [-0.25, -0.2) is 9.50 Å². The molecular formula is C15H15ClN4O. The summed E-state index contributed by atoms with van der Waals surface area (Å²) in [6.07, 6.45) is 0. The van der Waals surface area contributed by atoms with Gasteiger partial charge in [0.25, 0.3) is 0 Å². The molecule has 3 aromatic rings. The molecule has 108 valence electrons. The van der Waals surface area contributed by atoms with E-state index in [1.807, 2.05) is 23.6 Å². The fourth-order valence-electron chi connectivity index (χ4n) is 2.78. The van der Waals surface area contributed by atoms with Gasteiger partial charge in [0.2, 0.25) is 0 Å². The Bertz CT molecular complexity index is 823. The van der Waals surface area contributed by atoms with Crippen LogP contribution in [0.15, 0.2) is 24.3 Å². The normalized spacial score (nSPS) is 16.0. The summed E-state index contributed by atoms with van der Waals surface area (Å²) >= 11 is 6.36. The van der Waals surface area contributed by atoms with Crippen LogP contribution in [0.2, 0.25) is 5.02 Å². The predicted octanol–water partition coefficient (Wildman–Crippen LogP) is 2.68. The minimum absolute atomic E-state index is 0.621. The SMILES string of the molecule is Cc1nn2c(nc(N3CCOCC3)c3ccccc32)c1Cl. The minimum Gasteiger partial charge on any atom is -0.378 e. The highest BCUT2D eigenvalue weighted by molar-refractivity contribution is 6.34. The van der Waals surface area contributed by atoms with Crippen LogP contribution >= 0.6 is 11.6 Å². The number of ether oxygens (including phenoxy) is 1. The van der Waals surface area contributed by atoms with Crippen LogP contribution in [0.4, 0.5) is 5.82 Å². The molecule has 1 aliphatic rings. The van der Waals surface area contributed by atoms with E-state index >= 15 is 0 Å². The minimum atomic E-state index is 0.621. The highest BCUT2D eigenvalue weighted by Gasteiger charge is 2.19. The van der Waals surface area contributed by atoms with E-state index in [4.69, 9.17) is 21.3 Å². The number of morpholine rings is 1. The number of anilines is 1. The molecule has 0 bridgehead atoms. The molecule has 5 nitrogen and oxygen atoms in total. The fourth-order valence-corrected chi connectivity index (χ4v) is 2.94. The number of aromatic nitrogens is 3. The van der Waals surface area contributed by atoms with Gasteiger partial charge in [-0.15, -0.1) is 0 Å². The first-order valence-corrected chi connectivity index (χ1v) is 7.40. The van der Waals surface area contributed by atoms with Gasteiger partial charge in [0, 0.05) is 18.5 Å². The molecule has 1 saturated heterocycles. The largest absolute Gasteiger partial charge is 0.378 e. The Kier molecular flexibility index (Phi) is 2.97. The second kappa shape index (κ2) is 4.86. The number of nitrogens with zero attached hydrogens (tertiary/aromatic N) is 4. The molecule has 0 atom stereocenters. The van der Waals surface area contributed by atoms with Crippen molar-refractivity contribution >= 4 is 34.0 Å². The number of halogens is 1. The zero-order chi connectivity index (χ0) is 14.4. The van der Waals surface area contributed by atoms with Crippen LogP contribution in [0.1, 0.15) is 5.69 Å². The highest BCUT2D eigenvalue weighted by Crippen LogP contribution is 2.30. The van der Waals surface area contributed by atoms with Crippen LogP contribution in [-0.4, -0.2) is 40.9 Å². The molecule has 21 heavy (non-hydrogen) atoms. The van der Waals surface area contributed by atoms with Crippen LogP contribution in [0.5, 0.6) is 0 Å². The third-order valence-electron chi connectivity index (χ3n) is 3.86. The van der Waals surface area contributed by atoms with E-state index in [-0.39, 0.29) is 0 Å². The van der Waals surface area contributed by atoms with Gasteiger partial charge in [0.15, 0.2) is 5.65 Å². The molecule has 0 amide bonds. The van der Waals surface area contributed by atoms with Gasteiger partial charge in [-0.05, 0) is 19.1 Å². The molecule has 6 heteroatoms. The van der Waals surface area contributed by atoms with E-state index in [1.165, 1.54) is 0 Å². The summed E-state index contributed by atoms with van der Waals surface area (Å²) in [5, 5.41) is 6.22. The molecule has 0 unspecified atom stereocenters. The van der Waals surface area contributed by atoms with Gasteiger partial charge >= 0.3 is 0 Å². The summed E-state index contributed by atoms with van der Waals surface area (Å²) in [5.41, 5.74) is 2.54. The van der Waals surface area contributed by atoms with Crippen molar-refractivity contribution < 1.29 is 4.74 Å². The quantitative estimate of drug-likeness (QED) is 0.693. The highest BCUT2D eigenvalue weighted by atomic mass is 35.5. The predicted molar refractivity (Wildman–Crippen MR) is 83.3 cm³/mol. The van der Waals surface area contributed by atoms with Gasteiger partial charge < -0.3 is 9.64 Å². The van der Waals surface area contributed by atoms with E-state index in [0.717, 1.165) is 48.7 Å². The molecule has 3 heterocycles. The molecule has 1 aromatic carbocycles. The Labute approximate surface area is 127 Å². The van der Waals surface area contributed by atoms with Crippen molar-refractivity contribution in [1.82, 2.24) is 14.6 Å². The smallest absolute Gasteiger partial charge is 0.176 e. The first kappa shape index (κ1) is 12.9. The van der Waals surface area contributed by atoms with Gasteiger partial charge in [-0.2, -0.15) is 5.10 Å². The summed E-state index contributed by atoms with van der Waals surface area (Å²) in [4.78, 5) is 7.04. The summed E-state index contributed by atoms with van der Waals surface area (Å²) in [6, 6.07) is 8.17. The van der Waals surface area contributed by atoms with Crippen LogP contribution in [0, 0.1) is 6.92 Å². The van der Waals surface area contributed by atoms with E-state index in [0.29, 0.717) is 10.7 Å². The molecule has 4 rings (SSSR count). The Morgan fingerprint density at radius 2 is 1.95 bits per heavy atom. The van der Waals surface area contributed by atoms with Gasteiger partial charge in [-0.3, -0.25) is 0 Å². The first-order valence-electron chi connectivity index (χ1n) is 7.02. The number of rotatable bonds is 1. The standard InChI is InChI=1S/C15H15ClN4O/c1-10-13(16)15-17-14(19-6-8-21-9-7-19)11-4-2-3-5-12(11)20(15)18-10/h2-5H,6-9H2,1H3. The van der Waals surface area contributed by atoms with Crippen molar-refractivity contribution in [2.45, 2.75) is 6.92 Å². The lowest BCUT2D eigenvalue weighted by Gasteiger charge is -2.28. The number of hydrogen-bond donors (Lipinski definition) is 0. The lowest BCUT2D eigenvalue weighted by Crippen LogP contribution is -2.37. The zero-order valence-corrected chi connectivity index (χ0v) is 12.5. The fraction of sp³-hybridized carbons (Fsp3) is 0.333. The van der Waals surface area contributed by atoms with Crippen molar-refractivity contribution in [2.24, 2.45) is 0 Å². The second-order valence-corrected chi connectivity index (χ2v) is 5.56. The van der Waals surface area contributed by atoms with E-state index in [2.05, 4.69) is 22.1 Å². The Hall–Kier alpha value is -1.85. The average Bonchev–Trinajstić information content (AvgIpc) is 2.83. The van der Waals surface area contributed by atoms with Crippen LogP contribution in [-0.2, 0) is 4.74 Å². The molecule has 0 aliphatic carbocycles. The summed E-state index contributed by atoms with van der Waals surface area (Å²) in [6.45, 7) is 5.05. The second-order valence-electron chi connectivity index (χ2n) is 5.19. The maximum absolute atomic E-state index is 6.36. The van der Waals surface area contributed by atoms with Crippen molar-refractivity contribution in [1.29, 1.82) is 0 Å². The summed E-state index contributed by atoms with van der Waals surface area (Å²) < 4.78 is 7.27. The average molecular weight is 303 g/mol. The van der Waals surface area contributed by atoms with Crippen LogP contribution in [0.3, 0.4) is 0 Å². The van der Waals surface area contributed by atoms with Crippen molar-refractivity contribution in [3.63, 3.8) is 0 Å². The maximum Gasteiger partial charge on any atom is 0.176 e. The monoisotopic (exact) mass is 302 g/mol. The topological polar surface area (TPSA) is 42.7 Å². The molecule has 0 saturated carbocycles. The van der Waals surface area contributed by atoms with Crippen molar-refractivity contribution in [3.8, 4) is 0 Å². The number of hydrogen-bond acceptors (Lipinski definition) is 4. The Morgan fingerprint density at radius 3 is 2.76 bits per heavy atom. The Morgan fingerprint density at radius 1 is 1.19 bits per heavy atom. The van der Waals surface area contributed by atoms with Crippen molar-refractivity contribution in [2.75, 3.05) is 31.2 Å². The van der Waals surface area contributed by atoms with Gasteiger partial charge in [-0.1, -0.05) is 23.7 Å². The molecular weight excluding hydrogens is 288 g/mol. The van der Waals surface area contributed by atoms with E-state index < -0.39 is 0 Å². The lowest BCUT2D eigenvalue weighted by molar-refractivity contribution is 0.122. The molecule has 0 N–H and O–H groups in total. The lowest BCUT2D eigenvalue weighted by atomic mass is 10.2. The van der Waals surface area contributed by atoms with Crippen LogP contribution < -0.4 is 4.90 Å². The van der Waals surface area contributed by atoms with Crippen LogP contribution in [0.25, 0.3) is 16.6 Å². The third-order valence-corrected chi connectivity index (χ3v) is 4.30. The molecule has 1 aliphatic heterocycles. The zero-order valence-electron chi connectivity index (χ0n) is 11.7. The van der Waals surface area contributed by atoms with Gasteiger partial charge in [0.1, 0.15) is 10.8 Å². The summed E-state index contributed by atoms with van der Waals surface area (Å²) in [7, 11) is 0. The van der Waals surface area contributed by atoms with E-state index in [1.54, 1.807) is 0 Å². The number of fused-ring (bicyclic) bond motifs is 3. The summed E-state index contributed by atoms with van der Waals surface area (Å²) in [5.74, 6) is 0.961. The first-order chi connectivity index (χ1) is 10.3. The number of benzene rings is 1. The third kappa shape index (κ3) is 1.96. The van der Waals surface area contributed by atoms with Gasteiger partial charge in [0.05, 0.1) is 24.4 Å². The Balaban J connectivity index is 2.05. The molecule has 1 fully saturated rings. The van der Waals surface area contributed by atoms with E-state index in [9.17, 15) is 0 Å².